The van der Waals surface area contributed by atoms with Gasteiger partial charge in [0.1, 0.15) is 6.61 Å². The molecule has 0 amide bonds. The molecule has 2 aromatic carbocycles. The second kappa shape index (κ2) is 5.72. The number of ether oxygens (including phenoxy) is 1. The van der Waals surface area contributed by atoms with Crippen molar-refractivity contribution in [1.82, 2.24) is 0 Å². The predicted octanol–water partition coefficient (Wildman–Crippen LogP) is 4.39. The van der Waals surface area contributed by atoms with E-state index in [2.05, 4.69) is 36.4 Å². The van der Waals surface area contributed by atoms with Crippen molar-refractivity contribution in [1.29, 1.82) is 0 Å². The molecule has 0 fully saturated rings. The highest BCUT2D eigenvalue weighted by Gasteiger charge is 2.29. The first-order valence-electron chi connectivity index (χ1n) is 7.57. The van der Waals surface area contributed by atoms with Crippen LogP contribution in [0, 0.1) is 5.92 Å². The number of rotatable bonds is 4. The molecule has 1 aliphatic carbocycles. The molecule has 0 saturated carbocycles. The van der Waals surface area contributed by atoms with Gasteiger partial charge in [-0.2, -0.15) is 0 Å². The molecular formula is C19H20O2. The molecule has 108 valence electrons. The van der Waals surface area contributed by atoms with Crippen molar-refractivity contribution < 1.29 is 9.53 Å². The normalized spacial score (nSPS) is 14.4. The van der Waals surface area contributed by atoms with Gasteiger partial charge in [-0.1, -0.05) is 62.4 Å². The van der Waals surface area contributed by atoms with Gasteiger partial charge in [-0.3, -0.25) is 4.79 Å². The van der Waals surface area contributed by atoms with Gasteiger partial charge in [0.05, 0.1) is 5.92 Å². The van der Waals surface area contributed by atoms with Crippen molar-refractivity contribution in [3.05, 3.63) is 59.7 Å². The Bertz CT molecular complexity index is 615. The van der Waals surface area contributed by atoms with E-state index < -0.39 is 0 Å². The quantitative estimate of drug-likeness (QED) is 0.776. The number of hydrogen-bond donors (Lipinski definition) is 0. The molecule has 2 aromatic rings. The standard InChI is InChI=1S/C19H20O2/c1-3-13(2)19(20)21-12-18-16-10-6-4-8-14(16)15-9-5-7-11-17(15)18/h4-11,13,18H,3,12H2,1-2H3. The van der Waals surface area contributed by atoms with Crippen molar-refractivity contribution in [2.24, 2.45) is 5.92 Å². The van der Waals surface area contributed by atoms with Crippen molar-refractivity contribution in [3.63, 3.8) is 0 Å². The molecule has 0 N–H and O–H groups in total. The average Bonchev–Trinajstić information content (AvgIpc) is 2.86. The summed E-state index contributed by atoms with van der Waals surface area (Å²) in [7, 11) is 0. The number of carbonyl (C=O) groups excluding carboxylic acids is 1. The van der Waals surface area contributed by atoms with Gasteiger partial charge in [-0.25, -0.2) is 0 Å². The van der Waals surface area contributed by atoms with Crippen LogP contribution in [0.15, 0.2) is 48.5 Å². The maximum Gasteiger partial charge on any atom is 0.308 e. The van der Waals surface area contributed by atoms with Gasteiger partial charge in [0.15, 0.2) is 0 Å². The van der Waals surface area contributed by atoms with Crippen molar-refractivity contribution in [2.75, 3.05) is 6.61 Å². The third-order valence-electron chi connectivity index (χ3n) is 4.37. The van der Waals surface area contributed by atoms with Crippen LogP contribution in [0.5, 0.6) is 0 Å². The van der Waals surface area contributed by atoms with Crippen molar-refractivity contribution >= 4 is 5.97 Å². The fourth-order valence-corrected chi connectivity index (χ4v) is 2.91. The Morgan fingerprint density at radius 3 is 2.10 bits per heavy atom. The van der Waals surface area contributed by atoms with Gasteiger partial charge >= 0.3 is 5.97 Å². The van der Waals surface area contributed by atoms with Gasteiger partial charge in [0, 0.05) is 5.92 Å². The molecule has 0 radical (unpaired) electrons. The van der Waals surface area contributed by atoms with Gasteiger partial charge in [-0.05, 0) is 28.7 Å². The molecule has 1 aliphatic rings. The summed E-state index contributed by atoms with van der Waals surface area (Å²) in [6.45, 7) is 4.35. The highest BCUT2D eigenvalue weighted by Crippen LogP contribution is 2.44. The van der Waals surface area contributed by atoms with Crippen LogP contribution >= 0.6 is 0 Å². The Labute approximate surface area is 125 Å². The third kappa shape index (κ3) is 2.46. The fraction of sp³-hybridized carbons (Fsp3) is 0.316. The molecule has 2 nitrogen and oxygen atoms in total. The Kier molecular flexibility index (Phi) is 3.78. The van der Waals surface area contributed by atoms with Crippen molar-refractivity contribution in [2.45, 2.75) is 26.2 Å². The van der Waals surface area contributed by atoms with Gasteiger partial charge < -0.3 is 4.74 Å². The van der Waals surface area contributed by atoms with E-state index in [1.165, 1.54) is 22.3 Å². The maximum absolute atomic E-state index is 11.9. The second-order valence-electron chi connectivity index (χ2n) is 5.67. The molecule has 0 aliphatic heterocycles. The van der Waals surface area contributed by atoms with E-state index >= 15 is 0 Å². The smallest absolute Gasteiger partial charge is 0.308 e. The number of fused-ring (bicyclic) bond motifs is 3. The van der Waals surface area contributed by atoms with Gasteiger partial charge in [0.2, 0.25) is 0 Å². The van der Waals surface area contributed by atoms with E-state index in [4.69, 9.17) is 4.74 Å². The molecule has 0 spiro atoms. The largest absolute Gasteiger partial charge is 0.464 e. The molecule has 0 aromatic heterocycles. The van der Waals surface area contributed by atoms with Gasteiger partial charge in [-0.15, -0.1) is 0 Å². The lowest BCUT2D eigenvalue weighted by Gasteiger charge is -2.16. The number of benzene rings is 2. The minimum Gasteiger partial charge on any atom is -0.464 e. The summed E-state index contributed by atoms with van der Waals surface area (Å²) in [5, 5.41) is 0. The lowest BCUT2D eigenvalue weighted by atomic mass is 9.98. The van der Waals surface area contributed by atoms with Crippen LogP contribution in [0.25, 0.3) is 11.1 Å². The minimum atomic E-state index is -0.0978. The molecular weight excluding hydrogens is 260 g/mol. The summed E-state index contributed by atoms with van der Waals surface area (Å²) in [5.74, 6) is 0.0293. The van der Waals surface area contributed by atoms with Crippen LogP contribution in [0.2, 0.25) is 0 Å². The molecule has 1 unspecified atom stereocenters. The zero-order valence-corrected chi connectivity index (χ0v) is 12.5. The van der Waals surface area contributed by atoms with Crippen LogP contribution in [-0.4, -0.2) is 12.6 Å². The van der Waals surface area contributed by atoms with Crippen LogP contribution in [0.3, 0.4) is 0 Å². The van der Waals surface area contributed by atoms with E-state index in [0.717, 1.165) is 6.42 Å². The van der Waals surface area contributed by atoms with Crippen LogP contribution in [0.4, 0.5) is 0 Å². The summed E-state index contributed by atoms with van der Waals surface area (Å²) in [6.07, 6.45) is 0.816. The zero-order chi connectivity index (χ0) is 14.8. The van der Waals surface area contributed by atoms with Crippen LogP contribution in [-0.2, 0) is 9.53 Å². The molecule has 0 bridgehead atoms. The number of carbonyl (C=O) groups is 1. The maximum atomic E-state index is 11.9. The Morgan fingerprint density at radius 2 is 1.57 bits per heavy atom. The highest BCUT2D eigenvalue weighted by molar-refractivity contribution is 5.79. The first-order chi connectivity index (χ1) is 10.2. The SMILES string of the molecule is CCC(C)C(=O)OCC1c2ccccc2-c2ccccc21. The molecule has 1 atom stereocenters. The highest BCUT2D eigenvalue weighted by atomic mass is 16.5. The Hall–Kier alpha value is -2.09. The number of esters is 1. The van der Waals surface area contributed by atoms with Crippen LogP contribution < -0.4 is 0 Å². The lowest BCUT2D eigenvalue weighted by molar-refractivity contribution is -0.148. The van der Waals surface area contributed by atoms with E-state index in [1.807, 2.05) is 26.0 Å². The monoisotopic (exact) mass is 280 g/mol. The van der Waals surface area contributed by atoms with E-state index in [0.29, 0.717) is 6.61 Å². The fourth-order valence-electron chi connectivity index (χ4n) is 2.91. The second-order valence-corrected chi connectivity index (χ2v) is 5.67. The Morgan fingerprint density at radius 1 is 1.05 bits per heavy atom. The molecule has 2 heteroatoms. The Balaban J connectivity index is 1.87. The molecule has 21 heavy (non-hydrogen) atoms. The summed E-state index contributed by atoms with van der Waals surface area (Å²) < 4.78 is 5.55. The lowest BCUT2D eigenvalue weighted by Crippen LogP contribution is -2.18. The molecule has 0 saturated heterocycles. The predicted molar refractivity (Wildman–Crippen MR) is 84.1 cm³/mol. The first kappa shape index (κ1) is 13.9. The van der Waals surface area contributed by atoms with Crippen LogP contribution in [0.1, 0.15) is 37.3 Å². The minimum absolute atomic E-state index is 0.0307. The summed E-state index contributed by atoms with van der Waals surface area (Å²) >= 11 is 0. The third-order valence-corrected chi connectivity index (χ3v) is 4.37. The van der Waals surface area contributed by atoms with E-state index in [-0.39, 0.29) is 17.8 Å². The first-order valence-corrected chi connectivity index (χ1v) is 7.57. The van der Waals surface area contributed by atoms with E-state index in [9.17, 15) is 4.79 Å². The topological polar surface area (TPSA) is 26.3 Å². The van der Waals surface area contributed by atoms with Crippen molar-refractivity contribution in [3.8, 4) is 11.1 Å². The molecule has 0 heterocycles. The summed E-state index contributed by atoms with van der Waals surface area (Å²) in [6, 6.07) is 16.8. The summed E-state index contributed by atoms with van der Waals surface area (Å²) in [5.41, 5.74) is 5.04. The molecule has 3 rings (SSSR count). The summed E-state index contributed by atoms with van der Waals surface area (Å²) in [4.78, 5) is 11.9. The average molecular weight is 280 g/mol. The zero-order valence-electron chi connectivity index (χ0n) is 12.5. The van der Waals surface area contributed by atoms with Gasteiger partial charge in [0.25, 0.3) is 0 Å². The van der Waals surface area contributed by atoms with E-state index in [1.54, 1.807) is 0 Å². The number of hydrogen-bond acceptors (Lipinski definition) is 2.